The number of ether oxygens (including phenoxy) is 2. The Hall–Kier alpha value is -1.10. The van der Waals surface area contributed by atoms with Crippen LogP contribution in [0.15, 0.2) is 0 Å². The van der Waals surface area contributed by atoms with Crippen molar-refractivity contribution in [3.05, 3.63) is 0 Å². The fourth-order valence-electron chi connectivity index (χ4n) is 0.983. The van der Waals surface area contributed by atoms with Crippen LogP contribution < -0.4 is 5.32 Å². The molecule has 0 saturated heterocycles. The van der Waals surface area contributed by atoms with Crippen LogP contribution in [0.5, 0.6) is 0 Å². The van der Waals surface area contributed by atoms with Crippen molar-refractivity contribution in [3.63, 3.8) is 0 Å². The molecule has 0 aromatic carbocycles. The molecule has 0 aliphatic rings. The number of nitrogens with one attached hydrogen (secondary N) is 1. The van der Waals surface area contributed by atoms with Crippen molar-refractivity contribution in [2.24, 2.45) is 0 Å². The summed E-state index contributed by atoms with van der Waals surface area (Å²) in [4.78, 5) is 22.1. The average molecular weight is 217 g/mol. The molecule has 5 nitrogen and oxygen atoms in total. The van der Waals surface area contributed by atoms with Crippen molar-refractivity contribution in [1.29, 1.82) is 0 Å². The first-order valence-corrected chi connectivity index (χ1v) is 5.17. The summed E-state index contributed by atoms with van der Waals surface area (Å²) in [6.07, 6.45) is 0.110. The highest BCUT2D eigenvalue weighted by Crippen LogP contribution is 1.92. The first-order valence-electron chi connectivity index (χ1n) is 5.17. The molecule has 0 bridgehead atoms. The number of carbonyl (C=O) groups excluding carboxylic acids is 2. The third kappa shape index (κ3) is 6.90. The summed E-state index contributed by atoms with van der Waals surface area (Å²) >= 11 is 0. The number of hydrogen-bond donors (Lipinski definition) is 1. The Balaban J connectivity index is 3.58. The second-order valence-corrected chi connectivity index (χ2v) is 3.00. The smallest absolute Gasteiger partial charge is 0.322 e. The third-order valence-corrected chi connectivity index (χ3v) is 1.72. The molecule has 0 rings (SSSR count). The minimum atomic E-state index is -0.346. The fourth-order valence-corrected chi connectivity index (χ4v) is 0.983. The molecule has 0 radical (unpaired) electrons. The molecule has 0 spiro atoms. The molecule has 1 atom stereocenters. The summed E-state index contributed by atoms with van der Waals surface area (Å²) in [7, 11) is 0. The Morgan fingerprint density at radius 3 is 2.47 bits per heavy atom. The summed E-state index contributed by atoms with van der Waals surface area (Å²) < 4.78 is 9.56. The Kier molecular flexibility index (Phi) is 7.62. The van der Waals surface area contributed by atoms with Gasteiger partial charge >= 0.3 is 11.9 Å². The van der Waals surface area contributed by atoms with Crippen molar-refractivity contribution < 1.29 is 19.1 Å². The minimum Gasteiger partial charge on any atom is -0.466 e. The summed E-state index contributed by atoms with van der Waals surface area (Å²) in [5, 5.41) is 2.92. The predicted molar refractivity (Wildman–Crippen MR) is 55.3 cm³/mol. The van der Waals surface area contributed by atoms with Crippen molar-refractivity contribution in [2.45, 2.75) is 33.2 Å². The minimum absolute atomic E-state index is 0.0768. The molecule has 0 heterocycles. The van der Waals surface area contributed by atoms with Gasteiger partial charge in [0.25, 0.3) is 0 Å². The highest BCUT2D eigenvalue weighted by atomic mass is 16.5. The Bertz CT molecular complexity index is 206. The van der Waals surface area contributed by atoms with Crippen molar-refractivity contribution >= 4 is 11.9 Å². The number of hydrogen-bond acceptors (Lipinski definition) is 5. The van der Waals surface area contributed by atoms with E-state index in [4.69, 9.17) is 4.74 Å². The van der Waals surface area contributed by atoms with Crippen LogP contribution in [0.25, 0.3) is 0 Å². The van der Waals surface area contributed by atoms with Gasteiger partial charge in [-0.1, -0.05) is 6.92 Å². The molecular weight excluding hydrogens is 198 g/mol. The van der Waals surface area contributed by atoms with Crippen LogP contribution in [0.4, 0.5) is 0 Å². The van der Waals surface area contributed by atoms with Gasteiger partial charge in [-0.05, 0) is 20.4 Å². The SMILES string of the molecule is CCNC(C)C(=O)OCCC(=O)OCC. The molecule has 0 aliphatic carbocycles. The second kappa shape index (κ2) is 8.23. The molecule has 0 amide bonds. The molecule has 1 unspecified atom stereocenters. The molecular formula is C10H19NO4. The highest BCUT2D eigenvalue weighted by molar-refractivity contribution is 5.76. The van der Waals surface area contributed by atoms with E-state index in [9.17, 15) is 9.59 Å². The van der Waals surface area contributed by atoms with Crippen LogP contribution in [-0.2, 0) is 19.1 Å². The van der Waals surface area contributed by atoms with Gasteiger partial charge in [-0.2, -0.15) is 0 Å². The van der Waals surface area contributed by atoms with Gasteiger partial charge in [-0.15, -0.1) is 0 Å². The molecule has 0 saturated carbocycles. The molecule has 0 aromatic heterocycles. The summed E-state index contributed by atoms with van der Waals surface area (Å²) in [6, 6.07) is -0.336. The van der Waals surface area contributed by atoms with Crippen LogP contribution >= 0.6 is 0 Å². The number of esters is 2. The molecule has 88 valence electrons. The van der Waals surface area contributed by atoms with E-state index in [1.54, 1.807) is 13.8 Å². The molecule has 0 aliphatic heterocycles. The summed E-state index contributed by atoms with van der Waals surface area (Å²) in [5.41, 5.74) is 0. The van der Waals surface area contributed by atoms with Gasteiger partial charge in [0.1, 0.15) is 12.6 Å². The zero-order valence-corrected chi connectivity index (χ0v) is 9.54. The van der Waals surface area contributed by atoms with E-state index in [1.807, 2.05) is 6.92 Å². The topological polar surface area (TPSA) is 64.6 Å². The summed E-state index contributed by atoms with van der Waals surface area (Å²) in [5.74, 6) is -0.692. The maximum absolute atomic E-state index is 11.2. The van der Waals surface area contributed by atoms with E-state index in [2.05, 4.69) is 10.1 Å². The van der Waals surface area contributed by atoms with E-state index in [1.165, 1.54) is 0 Å². The maximum Gasteiger partial charge on any atom is 0.322 e. The lowest BCUT2D eigenvalue weighted by molar-refractivity contribution is -0.150. The van der Waals surface area contributed by atoms with Crippen LogP contribution in [0.2, 0.25) is 0 Å². The number of carbonyl (C=O) groups is 2. The Morgan fingerprint density at radius 1 is 1.27 bits per heavy atom. The van der Waals surface area contributed by atoms with E-state index in [0.29, 0.717) is 13.2 Å². The largest absolute Gasteiger partial charge is 0.466 e. The first kappa shape index (κ1) is 13.9. The third-order valence-electron chi connectivity index (χ3n) is 1.72. The standard InChI is InChI=1S/C10H19NO4/c1-4-11-8(3)10(13)15-7-6-9(12)14-5-2/h8,11H,4-7H2,1-3H3. The van der Waals surface area contributed by atoms with Gasteiger partial charge in [-0.3, -0.25) is 9.59 Å². The van der Waals surface area contributed by atoms with E-state index >= 15 is 0 Å². The predicted octanol–water partition coefficient (Wildman–Crippen LogP) is 0.481. The molecule has 15 heavy (non-hydrogen) atoms. The summed E-state index contributed by atoms with van der Waals surface area (Å²) in [6.45, 7) is 6.48. The highest BCUT2D eigenvalue weighted by Gasteiger charge is 2.13. The second-order valence-electron chi connectivity index (χ2n) is 3.00. The number of rotatable bonds is 7. The van der Waals surface area contributed by atoms with Gasteiger partial charge in [0, 0.05) is 0 Å². The Labute approximate surface area is 90.1 Å². The van der Waals surface area contributed by atoms with Crippen molar-refractivity contribution in [2.75, 3.05) is 19.8 Å². The van der Waals surface area contributed by atoms with Crippen LogP contribution in [0.1, 0.15) is 27.2 Å². The van der Waals surface area contributed by atoms with Crippen LogP contribution in [0, 0.1) is 0 Å². The van der Waals surface area contributed by atoms with Gasteiger partial charge in [-0.25, -0.2) is 0 Å². The van der Waals surface area contributed by atoms with Crippen molar-refractivity contribution in [1.82, 2.24) is 5.32 Å². The molecule has 0 fully saturated rings. The van der Waals surface area contributed by atoms with E-state index in [-0.39, 0.29) is 31.0 Å². The quantitative estimate of drug-likeness (QED) is 0.628. The first-order chi connectivity index (χ1) is 7.11. The van der Waals surface area contributed by atoms with Crippen molar-refractivity contribution in [3.8, 4) is 0 Å². The van der Waals surface area contributed by atoms with E-state index < -0.39 is 0 Å². The van der Waals surface area contributed by atoms with Gasteiger partial charge in [0.05, 0.1) is 13.0 Å². The van der Waals surface area contributed by atoms with Gasteiger partial charge in [0.15, 0.2) is 0 Å². The van der Waals surface area contributed by atoms with Crippen LogP contribution in [0.3, 0.4) is 0 Å². The van der Waals surface area contributed by atoms with Gasteiger partial charge < -0.3 is 14.8 Å². The fraction of sp³-hybridized carbons (Fsp3) is 0.800. The average Bonchev–Trinajstić information content (AvgIpc) is 2.18. The lowest BCUT2D eigenvalue weighted by Gasteiger charge is -2.11. The lowest BCUT2D eigenvalue weighted by Crippen LogP contribution is -2.35. The monoisotopic (exact) mass is 217 g/mol. The Morgan fingerprint density at radius 2 is 1.93 bits per heavy atom. The molecule has 0 aromatic rings. The zero-order valence-electron chi connectivity index (χ0n) is 9.54. The lowest BCUT2D eigenvalue weighted by atomic mass is 10.3. The number of likely N-dealkylation sites (N-methyl/N-ethyl adjacent to an activating group) is 1. The maximum atomic E-state index is 11.2. The zero-order chi connectivity index (χ0) is 11.7. The molecule has 5 heteroatoms. The van der Waals surface area contributed by atoms with E-state index in [0.717, 1.165) is 0 Å². The van der Waals surface area contributed by atoms with Gasteiger partial charge in [0.2, 0.25) is 0 Å². The van der Waals surface area contributed by atoms with Crippen LogP contribution in [-0.4, -0.2) is 37.7 Å². The molecule has 1 N–H and O–H groups in total. The normalized spacial score (nSPS) is 11.9.